The number of carbonyl (C=O) groups excluding carboxylic acids is 1. The lowest BCUT2D eigenvalue weighted by Gasteiger charge is -2.15. The molecule has 112 valence electrons. The van der Waals surface area contributed by atoms with Gasteiger partial charge in [-0.15, -0.1) is 0 Å². The van der Waals surface area contributed by atoms with E-state index in [9.17, 15) is 13.2 Å². The molecule has 1 N–H and O–H groups in total. The molecule has 0 aliphatic rings. The first-order chi connectivity index (χ1) is 9.29. The van der Waals surface area contributed by atoms with E-state index in [1.165, 1.54) is 25.3 Å². The van der Waals surface area contributed by atoms with Crippen LogP contribution >= 0.6 is 10.7 Å². The molecule has 0 saturated heterocycles. The first-order valence-corrected chi connectivity index (χ1v) is 8.54. The maximum atomic E-state index is 12.2. The van der Waals surface area contributed by atoms with Crippen LogP contribution in [0.15, 0.2) is 23.1 Å². The summed E-state index contributed by atoms with van der Waals surface area (Å²) in [6.07, 6.45) is 1.77. The summed E-state index contributed by atoms with van der Waals surface area (Å²) in [6.45, 7) is 3.90. The number of rotatable bonds is 6. The summed E-state index contributed by atoms with van der Waals surface area (Å²) in [5.41, 5.74) is 0.150. The summed E-state index contributed by atoms with van der Waals surface area (Å²) in [5.74, 6) is -0.0831. The molecule has 0 aromatic heterocycles. The van der Waals surface area contributed by atoms with Crippen LogP contribution in [0.25, 0.3) is 0 Å². The Bertz CT molecular complexity index is 586. The number of methoxy groups -OCH3 is 1. The molecule has 1 aromatic rings. The van der Waals surface area contributed by atoms with Gasteiger partial charge in [-0.3, -0.25) is 4.79 Å². The number of hydrogen-bond acceptors (Lipinski definition) is 4. The fourth-order valence-electron chi connectivity index (χ4n) is 1.82. The zero-order valence-corrected chi connectivity index (χ0v) is 13.2. The molecule has 1 amide bonds. The van der Waals surface area contributed by atoms with Crippen molar-refractivity contribution in [1.82, 2.24) is 5.32 Å². The van der Waals surface area contributed by atoms with Crippen molar-refractivity contribution < 1.29 is 17.9 Å². The summed E-state index contributed by atoms with van der Waals surface area (Å²) < 4.78 is 27.7. The highest BCUT2D eigenvalue weighted by Gasteiger charge is 2.19. The zero-order valence-electron chi connectivity index (χ0n) is 11.6. The average molecular weight is 320 g/mol. The molecule has 0 spiro atoms. The Morgan fingerprint density at radius 3 is 2.60 bits per heavy atom. The minimum atomic E-state index is -3.89. The van der Waals surface area contributed by atoms with Crippen LogP contribution in [0.4, 0.5) is 0 Å². The first-order valence-electron chi connectivity index (χ1n) is 6.23. The number of ether oxygens (including phenoxy) is 1. The molecule has 1 aromatic carbocycles. The van der Waals surface area contributed by atoms with Gasteiger partial charge in [-0.1, -0.05) is 13.3 Å². The van der Waals surface area contributed by atoms with Crippen LogP contribution in [0.5, 0.6) is 5.75 Å². The molecular weight excluding hydrogens is 302 g/mol. The van der Waals surface area contributed by atoms with Gasteiger partial charge in [0.15, 0.2) is 0 Å². The Kier molecular flexibility index (Phi) is 5.83. The molecule has 1 unspecified atom stereocenters. The van der Waals surface area contributed by atoms with E-state index in [2.05, 4.69) is 5.32 Å². The van der Waals surface area contributed by atoms with Gasteiger partial charge in [0.05, 0.1) is 17.6 Å². The molecule has 5 nitrogen and oxygen atoms in total. The second-order valence-electron chi connectivity index (χ2n) is 4.46. The van der Waals surface area contributed by atoms with E-state index in [4.69, 9.17) is 15.4 Å². The molecule has 1 atom stereocenters. The van der Waals surface area contributed by atoms with E-state index in [1.807, 2.05) is 13.8 Å². The third-order valence-corrected chi connectivity index (χ3v) is 4.15. The van der Waals surface area contributed by atoms with Gasteiger partial charge in [-0.05, 0) is 31.5 Å². The van der Waals surface area contributed by atoms with Gasteiger partial charge in [0.25, 0.3) is 15.0 Å². The van der Waals surface area contributed by atoms with Crippen LogP contribution in [0.2, 0.25) is 0 Å². The van der Waals surface area contributed by atoms with Crippen molar-refractivity contribution in [2.24, 2.45) is 0 Å². The maximum absolute atomic E-state index is 12.2. The fraction of sp³-hybridized carbons (Fsp3) is 0.462. The van der Waals surface area contributed by atoms with Crippen LogP contribution in [0.1, 0.15) is 37.0 Å². The van der Waals surface area contributed by atoms with E-state index in [0.717, 1.165) is 12.8 Å². The van der Waals surface area contributed by atoms with Crippen molar-refractivity contribution in [2.75, 3.05) is 7.11 Å². The first kappa shape index (κ1) is 16.8. The minimum absolute atomic E-state index is 0.00605. The summed E-state index contributed by atoms with van der Waals surface area (Å²) in [4.78, 5) is 12.0. The van der Waals surface area contributed by atoms with E-state index in [-0.39, 0.29) is 22.4 Å². The van der Waals surface area contributed by atoms with E-state index >= 15 is 0 Å². The quantitative estimate of drug-likeness (QED) is 0.818. The number of benzene rings is 1. The summed E-state index contributed by atoms with van der Waals surface area (Å²) in [7, 11) is 2.81. The highest BCUT2D eigenvalue weighted by molar-refractivity contribution is 8.13. The fourth-order valence-corrected chi connectivity index (χ4v) is 2.60. The minimum Gasteiger partial charge on any atom is -0.496 e. The molecular formula is C13H18ClNO4S. The molecule has 0 bridgehead atoms. The molecule has 0 fully saturated rings. The standard InChI is InChI=1S/C13H18ClNO4S/c1-4-5-9(2)15-13(16)11-8-10(20(14,17)18)6-7-12(11)19-3/h6-9H,4-5H2,1-3H3,(H,15,16). The molecule has 0 saturated carbocycles. The molecule has 7 heteroatoms. The van der Waals surface area contributed by atoms with Gasteiger partial charge in [0, 0.05) is 16.7 Å². The van der Waals surface area contributed by atoms with E-state index < -0.39 is 9.05 Å². The second kappa shape index (κ2) is 6.95. The van der Waals surface area contributed by atoms with Crippen LogP contribution in [-0.2, 0) is 9.05 Å². The van der Waals surface area contributed by atoms with Gasteiger partial charge in [-0.2, -0.15) is 0 Å². The molecule has 20 heavy (non-hydrogen) atoms. The van der Waals surface area contributed by atoms with E-state index in [0.29, 0.717) is 5.75 Å². The summed E-state index contributed by atoms with van der Waals surface area (Å²) in [6, 6.07) is 3.92. The molecule has 0 heterocycles. The number of carbonyl (C=O) groups is 1. The van der Waals surface area contributed by atoms with Gasteiger partial charge in [0.1, 0.15) is 5.75 Å². The lowest BCUT2D eigenvalue weighted by molar-refractivity contribution is 0.0935. The number of hydrogen-bond donors (Lipinski definition) is 1. The predicted octanol–water partition coefficient (Wildman–Crippen LogP) is 2.54. The lowest BCUT2D eigenvalue weighted by Crippen LogP contribution is -2.32. The Morgan fingerprint density at radius 1 is 1.45 bits per heavy atom. The van der Waals surface area contributed by atoms with Crippen LogP contribution in [0, 0.1) is 0 Å². The maximum Gasteiger partial charge on any atom is 0.261 e. The number of amides is 1. The summed E-state index contributed by atoms with van der Waals surface area (Å²) in [5, 5.41) is 2.79. The third-order valence-electron chi connectivity index (χ3n) is 2.80. The van der Waals surface area contributed by atoms with Crippen molar-refractivity contribution in [3.05, 3.63) is 23.8 Å². The largest absolute Gasteiger partial charge is 0.496 e. The van der Waals surface area contributed by atoms with Crippen molar-refractivity contribution >= 4 is 25.6 Å². The van der Waals surface area contributed by atoms with Crippen molar-refractivity contribution in [2.45, 2.75) is 37.6 Å². The van der Waals surface area contributed by atoms with Gasteiger partial charge < -0.3 is 10.1 Å². The Balaban J connectivity index is 3.11. The molecule has 0 aliphatic carbocycles. The van der Waals surface area contributed by atoms with Crippen LogP contribution < -0.4 is 10.1 Å². The van der Waals surface area contributed by atoms with Crippen molar-refractivity contribution in [3.63, 3.8) is 0 Å². The van der Waals surface area contributed by atoms with Gasteiger partial charge >= 0.3 is 0 Å². The average Bonchev–Trinajstić information content (AvgIpc) is 2.37. The molecule has 0 aliphatic heterocycles. The van der Waals surface area contributed by atoms with E-state index in [1.54, 1.807) is 0 Å². The normalized spacial score (nSPS) is 12.8. The van der Waals surface area contributed by atoms with Gasteiger partial charge in [0.2, 0.25) is 0 Å². The van der Waals surface area contributed by atoms with Gasteiger partial charge in [-0.25, -0.2) is 8.42 Å². The highest BCUT2D eigenvalue weighted by atomic mass is 35.7. The second-order valence-corrected chi connectivity index (χ2v) is 7.03. The number of nitrogens with one attached hydrogen (secondary N) is 1. The molecule has 1 rings (SSSR count). The number of halogens is 1. The van der Waals surface area contributed by atoms with Crippen molar-refractivity contribution in [3.8, 4) is 5.75 Å². The Hall–Kier alpha value is -1.27. The smallest absolute Gasteiger partial charge is 0.261 e. The predicted molar refractivity (Wildman–Crippen MR) is 77.9 cm³/mol. The zero-order chi connectivity index (χ0) is 15.3. The monoisotopic (exact) mass is 319 g/mol. The third kappa shape index (κ3) is 4.38. The summed E-state index contributed by atoms with van der Waals surface area (Å²) >= 11 is 0. The molecule has 0 radical (unpaired) electrons. The Labute approximate surface area is 123 Å². The SMILES string of the molecule is CCCC(C)NC(=O)c1cc(S(=O)(=O)Cl)ccc1OC. The van der Waals surface area contributed by atoms with Crippen molar-refractivity contribution in [1.29, 1.82) is 0 Å². The van der Waals surface area contributed by atoms with Crippen LogP contribution in [0.3, 0.4) is 0 Å². The lowest BCUT2D eigenvalue weighted by atomic mass is 10.1. The highest BCUT2D eigenvalue weighted by Crippen LogP contribution is 2.24. The van der Waals surface area contributed by atoms with Crippen LogP contribution in [-0.4, -0.2) is 27.5 Å². The Morgan fingerprint density at radius 2 is 2.10 bits per heavy atom. The topological polar surface area (TPSA) is 72.5 Å².